The van der Waals surface area contributed by atoms with Gasteiger partial charge in [-0.2, -0.15) is 5.10 Å². The summed E-state index contributed by atoms with van der Waals surface area (Å²) < 4.78 is 23.9. The Morgan fingerprint density at radius 1 is 1.15 bits per heavy atom. The van der Waals surface area contributed by atoms with Crippen LogP contribution in [0.1, 0.15) is 31.4 Å². The van der Waals surface area contributed by atoms with Gasteiger partial charge in [-0.25, -0.2) is 5.43 Å². The second kappa shape index (κ2) is 11.2. The lowest BCUT2D eigenvalue weighted by Crippen LogP contribution is -2.33. The van der Waals surface area contributed by atoms with E-state index in [9.17, 15) is 4.79 Å². The van der Waals surface area contributed by atoms with Gasteiger partial charge in [-0.1, -0.05) is 42.5 Å². The fraction of sp³-hybridized carbons (Fsp3) is 0.308. The minimum absolute atomic E-state index is 0.0764. The maximum absolute atomic E-state index is 12.2. The van der Waals surface area contributed by atoms with E-state index < -0.39 is 5.79 Å². The number of rotatable bonds is 9. The summed E-state index contributed by atoms with van der Waals surface area (Å²) in [5, 5.41) is 6.42. The molecular weight excluding hydrogens is 547 g/mol. The van der Waals surface area contributed by atoms with E-state index in [1.807, 2.05) is 37.3 Å². The Labute approximate surface area is 212 Å². The highest BCUT2D eigenvalue weighted by atomic mass is 127. The molecule has 8 heteroatoms. The molecule has 3 aromatic rings. The highest BCUT2D eigenvalue weighted by Gasteiger charge is 2.33. The van der Waals surface area contributed by atoms with Gasteiger partial charge >= 0.3 is 0 Å². The average molecular weight is 574 g/mol. The summed E-state index contributed by atoms with van der Waals surface area (Å²) in [5.74, 6) is 0.137. The molecule has 4 rings (SSSR count). The fourth-order valence-electron chi connectivity index (χ4n) is 3.80. The fourth-order valence-corrected chi connectivity index (χ4v) is 4.58. The third-order valence-corrected chi connectivity index (χ3v) is 6.17. The summed E-state index contributed by atoms with van der Waals surface area (Å²) in [6, 6.07) is 18.2. The lowest BCUT2D eigenvalue weighted by molar-refractivity contribution is -0.159. The van der Waals surface area contributed by atoms with Gasteiger partial charge in [-0.05, 0) is 70.5 Å². The Hall–Kier alpha value is -2.69. The molecule has 0 atom stereocenters. The zero-order chi connectivity index (χ0) is 24.0. The number of ether oxygens (including phenoxy) is 4. The van der Waals surface area contributed by atoms with E-state index in [0.717, 1.165) is 14.7 Å². The first-order chi connectivity index (χ1) is 16.5. The van der Waals surface area contributed by atoms with E-state index in [4.69, 9.17) is 18.9 Å². The van der Waals surface area contributed by atoms with Gasteiger partial charge in [-0.3, -0.25) is 4.79 Å². The average Bonchev–Trinajstić information content (AvgIpc) is 3.24. The Balaban J connectivity index is 1.45. The van der Waals surface area contributed by atoms with Crippen molar-refractivity contribution in [3.05, 3.63) is 69.3 Å². The Morgan fingerprint density at radius 3 is 2.71 bits per heavy atom. The van der Waals surface area contributed by atoms with E-state index in [1.54, 1.807) is 13.1 Å². The molecule has 0 radical (unpaired) electrons. The van der Waals surface area contributed by atoms with E-state index in [0.29, 0.717) is 37.9 Å². The Morgan fingerprint density at radius 2 is 1.91 bits per heavy atom. The molecule has 0 spiro atoms. The third-order valence-electron chi connectivity index (χ3n) is 5.37. The molecule has 1 aliphatic heterocycles. The van der Waals surface area contributed by atoms with Crippen LogP contribution in [0.5, 0.6) is 11.5 Å². The summed E-state index contributed by atoms with van der Waals surface area (Å²) in [7, 11) is 0. The van der Waals surface area contributed by atoms with Gasteiger partial charge in [0.25, 0.3) is 0 Å². The van der Waals surface area contributed by atoms with E-state index in [-0.39, 0.29) is 12.3 Å². The number of nitrogens with one attached hydrogen (secondary N) is 1. The summed E-state index contributed by atoms with van der Waals surface area (Å²) in [5.41, 5.74) is 4.42. The molecule has 0 aromatic heterocycles. The molecule has 0 saturated carbocycles. The van der Waals surface area contributed by atoms with Crippen LogP contribution in [0, 0.1) is 3.57 Å². The number of hydrazone groups is 1. The van der Waals surface area contributed by atoms with Gasteiger partial charge in [-0.15, -0.1) is 0 Å². The number of fused-ring (bicyclic) bond motifs is 1. The third kappa shape index (κ3) is 6.05. The van der Waals surface area contributed by atoms with Crippen LogP contribution in [0.3, 0.4) is 0 Å². The standard InChI is InChI=1S/C26H27IN2O5/c1-3-31-23-14-18(16-28-29-24(30)15-26(2)33-11-12-34-26)13-22(27)25(23)32-17-20-9-6-8-19-7-4-5-10-21(19)20/h4-10,13-14,16H,3,11-12,15,17H2,1-2H3,(H,29,30)/b28-16-. The van der Waals surface area contributed by atoms with Crippen LogP contribution < -0.4 is 14.9 Å². The van der Waals surface area contributed by atoms with Gasteiger partial charge in [0.2, 0.25) is 5.91 Å². The lowest BCUT2D eigenvalue weighted by atomic mass is 10.1. The van der Waals surface area contributed by atoms with E-state index in [1.165, 1.54) is 10.8 Å². The van der Waals surface area contributed by atoms with E-state index >= 15 is 0 Å². The number of carbonyl (C=O) groups is 1. The van der Waals surface area contributed by atoms with Crippen molar-refractivity contribution in [2.75, 3.05) is 19.8 Å². The molecular formula is C26H27IN2O5. The maximum atomic E-state index is 12.2. The van der Waals surface area contributed by atoms with Gasteiger partial charge in [0.15, 0.2) is 17.3 Å². The number of nitrogens with zero attached hydrogens (tertiary/aromatic N) is 1. The molecule has 0 aliphatic carbocycles. The van der Waals surface area contributed by atoms with Crippen LogP contribution in [-0.4, -0.2) is 37.7 Å². The maximum Gasteiger partial charge on any atom is 0.245 e. The molecule has 1 saturated heterocycles. The zero-order valence-electron chi connectivity index (χ0n) is 19.2. The van der Waals surface area contributed by atoms with Crippen molar-refractivity contribution in [3.63, 3.8) is 0 Å². The van der Waals surface area contributed by atoms with Crippen molar-refractivity contribution in [2.24, 2.45) is 5.10 Å². The van der Waals surface area contributed by atoms with Crippen molar-refractivity contribution in [2.45, 2.75) is 32.7 Å². The lowest BCUT2D eigenvalue weighted by Gasteiger charge is -2.20. The largest absolute Gasteiger partial charge is 0.490 e. The van der Waals surface area contributed by atoms with Crippen LogP contribution in [-0.2, 0) is 20.9 Å². The molecule has 178 valence electrons. The quantitative estimate of drug-likeness (QED) is 0.221. The molecule has 0 bridgehead atoms. The summed E-state index contributed by atoms with van der Waals surface area (Å²) >= 11 is 2.22. The van der Waals surface area contributed by atoms with Crippen molar-refractivity contribution < 1.29 is 23.7 Å². The first kappa shape index (κ1) is 24.4. The molecule has 1 heterocycles. The van der Waals surface area contributed by atoms with Gasteiger partial charge in [0.1, 0.15) is 6.61 Å². The topological polar surface area (TPSA) is 78.4 Å². The molecule has 1 fully saturated rings. The van der Waals surface area contributed by atoms with Crippen molar-refractivity contribution in [3.8, 4) is 11.5 Å². The summed E-state index contributed by atoms with van der Waals surface area (Å²) in [4.78, 5) is 12.2. The van der Waals surface area contributed by atoms with Crippen LogP contribution >= 0.6 is 22.6 Å². The first-order valence-corrected chi connectivity index (χ1v) is 12.2. The molecule has 1 N–H and O–H groups in total. The summed E-state index contributed by atoms with van der Waals surface area (Å²) in [6.07, 6.45) is 1.66. The number of benzene rings is 3. The van der Waals surface area contributed by atoms with Crippen molar-refractivity contribution in [1.82, 2.24) is 5.43 Å². The number of halogens is 1. The minimum Gasteiger partial charge on any atom is -0.490 e. The van der Waals surface area contributed by atoms with Gasteiger partial charge in [0, 0.05) is 0 Å². The molecule has 1 aliphatic rings. The molecule has 0 unspecified atom stereocenters. The van der Waals surface area contributed by atoms with Crippen LogP contribution in [0.25, 0.3) is 10.8 Å². The predicted octanol–water partition coefficient (Wildman–Crippen LogP) is 5.03. The zero-order valence-corrected chi connectivity index (χ0v) is 21.3. The second-order valence-electron chi connectivity index (χ2n) is 7.99. The normalized spacial score (nSPS) is 15.0. The summed E-state index contributed by atoms with van der Waals surface area (Å²) in [6.45, 7) is 5.56. The SMILES string of the molecule is CCOc1cc(/C=N\NC(=O)CC2(C)OCCO2)cc(I)c1OCc1cccc2ccccc12. The van der Waals surface area contributed by atoms with Gasteiger partial charge < -0.3 is 18.9 Å². The van der Waals surface area contributed by atoms with Crippen LogP contribution in [0.4, 0.5) is 0 Å². The van der Waals surface area contributed by atoms with Gasteiger partial charge in [0.05, 0.1) is 36.0 Å². The number of amides is 1. The Kier molecular flexibility index (Phi) is 8.02. The monoisotopic (exact) mass is 574 g/mol. The molecule has 3 aromatic carbocycles. The molecule has 1 amide bonds. The molecule has 7 nitrogen and oxygen atoms in total. The van der Waals surface area contributed by atoms with E-state index in [2.05, 4.69) is 57.4 Å². The number of hydrogen-bond acceptors (Lipinski definition) is 6. The first-order valence-electron chi connectivity index (χ1n) is 11.1. The second-order valence-corrected chi connectivity index (χ2v) is 9.15. The smallest absolute Gasteiger partial charge is 0.245 e. The highest BCUT2D eigenvalue weighted by molar-refractivity contribution is 14.1. The van der Waals surface area contributed by atoms with Crippen LogP contribution in [0.15, 0.2) is 59.7 Å². The number of hydrogen-bond donors (Lipinski definition) is 1. The minimum atomic E-state index is -0.889. The van der Waals surface area contributed by atoms with Crippen LogP contribution in [0.2, 0.25) is 0 Å². The van der Waals surface area contributed by atoms with Crippen molar-refractivity contribution in [1.29, 1.82) is 0 Å². The highest BCUT2D eigenvalue weighted by Crippen LogP contribution is 2.35. The number of carbonyl (C=O) groups excluding carboxylic acids is 1. The Bertz CT molecular complexity index is 1190. The molecule has 34 heavy (non-hydrogen) atoms. The predicted molar refractivity (Wildman–Crippen MR) is 139 cm³/mol. The van der Waals surface area contributed by atoms with Crippen molar-refractivity contribution >= 4 is 45.5 Å².